The lowest BCUT2D eigenvalue weighted by molar-refractivity contribution is 0.0514. The molecule has 0 saturated heterocycles. The van der Waals surface area contributed by atoms with Gasteiger partial charge in [0.15, 0.2) is 0 Å². The summed E-state index contributed by atoms with van der Waals surface area (Å²) in [6.07, 6.45) is 0.360. The van der Waals surface area contributed by atoms with Gasteiger partial charge >= 0.3 is 0 Å². The van der Waals surface area contributed by atoms with Crippen LogP contribution in [-0.2, 0) is 0 Å². The highest BCUT2D eigenvalue weighted by Crippen LogP contribution is 2.24. The van der Waals surface area contributed by atoms with Crippen LogP contribution in [0.2, 0.25) is 0 Å². The van der Waals surface area contributed by atoms with Gasteiger partial charge < -0.3 is 10.4 Å². The van der Waals surface area contributed by atoms with Crippen molar-refractivity contribution < 1.29 is 22.7 Å². The minimum Gasteiger partial charge on any atom is -0.388 e. The van der Waals surface area contributed by atoms with E-state index in [1.54, 1.807) is 0 Å². The number of pyridine rings is 1. The van der Waals surface area contributed by atoms with E-state index in [4.69, 9.17) is 0 Å². The Balaban J connectivity index is 2.89. The van der Waals surface area contributed by atoms with Gasteiger partial charge in [0.05, 0.1) is 5.60 Å². The summed E-state index contributed by atoms with van der Waals surface area (Å²) in [6.45, 7) is 4.94. The number of halogens is 4. The molecule has 3 nitrogen and oxygen atoms in total. The number of rotatable bonds is 5. The van der Waals surface area contributed by atoms with E-state index >= 15 is 0 Å². The molecule has 1 rings (SSSR count). The highest BCUT2D eigenvalue weighted by atomic mass is 19.2. The maximum Gasteiger partial charge on any atom is 0.253 e. The molecule has 7 heteroatoms. The second-order valence-corrected chi connectivity index (χ2v) is 5.14. The summed E-state index contributed by atoms with van der Waals surface area (Å²) in [5, 5.41) is 12.1. The molecule has 0 saturated carbocycles. The van der Waals surface area contributed by atoms with Gasteiger partial charge in [-0.15, -0.1) is 0 Å². The van der Waals surface area contributed by atoms with Gasteiger partial charge in [-0.1, -0.05) is 13.8 Å². The molecule has 0 spiro atoms. The second kappa shape index (κ2) is 5.73. The molecule has 1 atom stereocenters. The van der Waals surface area contributed by atoms with Crippen molar-refractivity contribution in [2.24, 2.45) is 5.92 Å². The van der Waals surface area contributed by atoms with E-state index in [1.165, 1.54) is 6.92 Å². The van der Waals surface area contributed by atoms with Crippen LogP contribution in [0.5, 0.6) is 0 Å². The molecule has 0 radical (unpaired) electrons. The van der Waals surface area contributed by atoms with Gasteiger partial charge in [0, 0.05) is 6.54 Å². The third kappa shape index (κ3) is 4.05. The van der Waals surface area contributed by atoms with E-state index in [0.717, 1.165) is 0 Å². The molecule has 0 fully saturated rings. The van der Waals surface area contributed by atoms with Crippen LogP contribution >= 0.6 is 0 Å². The van der Waals surface area contributed by atoms with Crippen LogP contribution in [0.1, 0.15) is 27.2 Å². The van der Waals surface area contributed by atoms with E-state index in [0.29, 0.717) is 6.42 Å². The number of aromatic nitrogens is 1. The van der Waals surface area contributed by atoms with Crippen molar-refractivity contribution in [2.45, 2.75) is 32.8 Å². The number of nitrogens with zero attached hydrogens (tertiary/aromatic N) is 1. The van der Waals surface area contributed by atoms with Crippen LogP contribution in [0.15, 0.2) is 0 Å². The number of anilines is 1. The van der Waals surface area contributed by atoms with Crippen molar-refractivity contribution in [1.29, 1.82) is 0 Å². The number of hydrogen-bond donors (Lipinski definition) is 2. The Morgan fingerprint density at radius 3 is 2.05 bits per heavy atom. The molecule has 2 N–H and O–H groups in total. The van der Waals surface area contributed by atoms with Gasteiger partial charge in [-0.3, -0.25) is 0 Å². The quantitative estimate of drug-likeness (QED) is 0.644. The Morgan fingerprint density at radius 2 is 1.63 bits per heavy atom. The van der Waals surface area contributed by atoms with Crippen LogP contribution in [0.4, 0.5) is 23.2 Å². The maximum absolute atomic E-state index is 13.3. The molecule has 1 aromatic rings. The summed E-state index contributed by atoms with van der Waals surface area (Å²) < 4.78 is 52.3. The maximum atomic E-state index is 13.3. The van der Waals surface area contributed by atoms with Crippen LogP contribution in [0, 0.1) is 29.4 Å². The molecule has 0 amide bonds. The molecular formula is C12H16F4N2O. The highest BCUT2D eigenvalue weighted by molar-refractivity contribution is 5.45. The molecule has 1 heterocycles. The monoisotopic (exact) mass is 280 g/mol. The Bertz CT molecular complexity index is 437. The fraction of sp³-hybridized carbons (Fsp3) is 0.583. The number of hydrogen-bond acceptors (Lipinski definition) is 3. The molecule has 19 heavy (non-hydrogen) atoms. The minimum absolute atomic E-state index is 0.150. The van der Waals surface area contributed by atoms with E-state index in [9.17, 15) is 22.7 Å². The van der Waals surface area contributed by atoms with Gasteiger partial charge in [-0.05, 0) is 19.3 Å². The van der Waals surface area contributed by atoms with E-state index in [1.807, 2.05) is 13.8 Å². The Labute approximate surface area is 108 Å². The zero-order valence-electron chi connectivity index (χ0n) is 10.9. The zero-order chi connectivity index (χ0) is 14.8. The van der Waals surface area contributed by atoms with E-state index in [-0.39, 0.29) is 12.5 Å². The zero-order valence-corrected chi connectivity index (χ0v) is 10.9. The Morgan fingerprint density at radius 1 is 1.16 bits per heavy atom. The third-order valence-corrected chi connectivity index (χ3v) is 2.49. The molecule has 108 valence electrons. The van der Waals surface area contributed by atoms with Crippen molar-refractivity contribution in [3.8, 4) is 0 Å². The summed E-state index contributed by atoms with van der Waals surface area (Å²) in [7, 11) is 0. The average molecular weight is 280 g/mol. The van der Waals surface area contributed by atoms with Crippen molar-refractivity contribution in [1.82, 2.24) is 4.98 Å². The SMILES string of the molecule is CC(C)CC(C)(O)CNc1c(F)c(F)nc(F)c1F. The summed E-state index contributed by atoms with van der Waals surface area (Å²) in [5.41, 5.74) is -2.22. The number of aliphatic hydroxyl groups is 1. The summed E-state index contributed by atoms with van der Waals surface area (Å²) >= 11 is 0. The fourth-order valence-electron chi connectivity index (χ4n) is 1.87. The van der Waals surface area contributed by atoms with Gasteiger partial charge in [0.25, 0.3) is 11.9 Å². The smallest absolute Gasteiger partial charge is 0.253 e. The lowest BCUT2D eigenvalue weighted by Crippen LogP contribution is -2.35. The van der Waals surface area contributed by atoms with Crippen LogP contribution < -0.4 is 5.32 Å². The predicted octanol–water partition coefficient (Wildman–Crippen LogP) is 2.85. The topological polar surface area (TPSA) is 45.1 Å². The summed E-state index contributed by atoms with van der Waals surface area (Å²) in [4.78, 5) is 2.44. The first-order valence-corrected chi connectivity index (χ1v) is 5.80. The minimum atomic E-state index is -1.73. The third-order valence-electron chi connectivity index (χ3n) is 2.49. The summed E-state index contributed by atoms with van der Waals surface area (Å²) in [5.74, 6) is -6.54. The second-order valence-electron chi connectivity index (χ2n) is 5.14. The van der Waals surface area contributed by atoms with Crippen molar-refractivity contribution in [3.05, 3.63) is 23.5 Å². The van der Waals surface area contributed by atoms with Gasteiger partial charge in [-0.25, -0.2) is 0 Å². The van der Waals surface area contributed by atoms with E-state index < -0.39 is 34.8 Å². The Hall–Kier alpha value is -1.37. The standard InChI is InChI=1S/C12H16F4N2O/c1-6(2)4-12(3,19)5-17-9-7(13)10(15)18-11(16)8(9)14/h6,19H,4-5H2,1-3H3,(H,17,18). The largest absolute Gasteiger partial charge is 0.388 e. The van der Waals surface area contributed by atoms with Crippen LogP contribution in [0.3, 0.4) is 0 Å². The van der Waals surface area contributed by atoms with Crippen molar-refractivity contribution in [3.63, 3.8) is 0 Å². The molecule has 0 aromatic carbocycles. The molecule has 0 aliphatic carbocycles. The first-order valence-electron chi connectivity index (χ1n) is 5.80. The molecule has 0 bridgehead atoms. The predicted molar refractivity (Wildman–Crippen MR) is 62.6 cm³/mol. The Kier molecular flexibility index (Phi) is 4.73. The van der Waals surface area contributed by atoms with Crippen LogP contribution in [-0.4, -0.2) is 22.2 Å². The molecule has 0 aliphatic rings. The van der Waals surface area contributed by atoms with Gasteiger partial charge in [-0.2, -0.15) is 22.5 Å². The van der Waals surface area contributed by atoms with Crippen LogP contribution in [0.25, 0.3) is 0 Å². The lowest BCUT2D eigenvalue weighted by Gasteiger charge is -2.26. The lowest BCUT2D eigenvalue weighted by atomic mass is 9.94. The van der Waals surface area contributed by atoms with E-state index in [2.05, 4.69) is 10.3 Å². The van der Waals surface area contributed by atoms with Gasteiger partial charge in [0.1, 0.15) is 5.69 Å². The average Bonchev–Trinajstić information content (AvgIpc) is 2.24. The van der Waals surface area contributed by atoms with Crippen molar-refractivity contribution in [2.75, 3.05) is 11.9 Å². The number of nitrogens with one attached hydrogen (secondary N) is 1. The van der Waals surface area contributed by atoms with Crippen molar-refractivity contribution >= 4 is 5.69 Å². The first-order chi connectivity index (χ1) is 8.64. The normalized spacial score (nSPS) is 14.6. The molecule has 1 unspecified atom stereocenters. The van der Waals surface area contributed by atoms with Gasteiger partial charge in [0.2, 0.25) is 11.6 Å². The highest BCUT2D eigenvalue weighted by Gasteiger charge is 2.25. The fourth-order valence-corrected chi connectivity index (χ4v) is 1.87. The first kappa shape index (κ1) is 15.7. The molecular weight excluding hydrogens is 264 g/mol. The molecule has 1 aromatic heterocycles. The summed E-state index contributed by atoms with van der Waals surface area (Å²) in [6, 6.07) is 0. The molecule has 0 aliphatic heterocycles.